The van der Waals surface area contributed by atoms with Gasteiger partial charge >= 0.3 is 0 Å². The molecule has 0 saturated carbocycles. The molecule has 0 unspecified atom stereocenters. The number of fused-ring (bicyclic) bond motifs is 1. The van der Waals surface area contributed by atoms with Crippen molar-refractivity contribution in [2.75, 3.05) is 16.6 Å². The molecule has 1 aliphatic heterocycles. The van der Waals surface area contributed by atoms with Gasteiger partial charge in [-0.3, -0.25) is 9.52 Å². The summed E-state index contributed by atoms with van der Waals surface area (Å²) in [6.45, 7) is -0.111. The van der Waals surface area contributed by atoms with Crippen LogP contribution in [-0.4, -0.2) is 20.9 Å². The maximum Gasteiger partial charge on any atom is 0.262 e. The Hall–Kier alpha value is -3.23. The number of halogens is 1. The van der Waals surface area contributed by atoms with Gasteiger partial charge in [-0.15, -0.1) is 0 Å². The number of carbonyl (C=O) groups is 1. The molecule has 1 heterocycles. The number of para-hydroxylation sites is 1. The Kier molecular flexibility index (Phi) is 5.04. The van der Waals surface area contributed by atoms with Gasteiger partial charge in [-0.1, -0.05) is 29.8 Å². The minimum Gasteiger partial charge on any atom is -0.482 e. The summed E-state index contributed by atoms with van der Waals surface area (Å²) < 4.78 is 39.4. The molecule has 0 atom stereocenters. The van der Waals surface area contributed by atoms with Crippen LogP contribution >= 0.6 is 11.6 Å². The van der Waals surface area contributed by atoms with E-state index in [0.717, 1.165) is 0 Å². The average Bonchev–Trinajstić information content (AvgIpc) is 2.70. The van der Waals surface area contributed by atoms with Gasteiger partial charge in [0.25, 0.3) is 15.9 Å². The van der Waals surface area contributed by atoms with Crippen molar-refractivity contribution in [1.82, 2.24) is 0 Å². The molecule has 0 aromatic heterocycles. The van der Waals surface area contributed by atoms with E-state index < -0.39 is 10.0 Å². The lowest BCUT2D eigenvalue weighted by molar-refractivity contribution is -0.118. The van der Waals surface area contributed by atoms with E-state index in [1.165, 1.54) is 24.3 Å². The number of nitrogens with one attached hydrogen (secondary N) is 2. The van der Waals surface area contributed by atoms with Crippen LogP contribution in [0, 0.1) is 0 Å². The van der Waals surface area contributed by atoms with Crippen molar-refractivity contribution in [2.24, 2.45) is 0 Å². The number of sulfonamides is 1. The van der Waals surface area contributed by atoms with Crippen LogP contribution in [0.2, 0.25) is 5.02 Å². The van der Waals surface area contributed by atoms with Gasteiger partial charge in [0.15, 0.2) is 12.4 Å². The van der Waals surface area contributed by atoms with Crippen molar-refractivity contribution < 1.29 is 22.7 Å². The van der Waals surface area contributed by atoms with Crippen molar-refractivity contribution >= 4 is 38.9 Å². The second kappa shape index (κ2) is 7.65. The van der Waals surface area contributed by atoms with Gasteiger partial charge in [0.1, 0.15) is 11.5 Å². The third-order valence-corrected chi connectivity index (χ3v) is 5.65. The summed E-state index contributed by atoms with van der Waals surface area (Å²) in [7, 11) is -3.99. The molecule has 3 aromatic carbocycles. The molecule has 7 nitrogen and oxygen atoms in total. The Bertz CT molecular complexity index is 1180. The monoisotopic (exact) mass is 430 g/mol. The molecular formula is C20H15ClN2O5S. The lowest BCUT2D eigenvalue weighted by Crippen LogP contribution is -2.25. The minimum absolute atomic E-state index is 0.0484. The molecule has 4 rings (SSSR count). The van der Waals surface area contributed by atoms with Crippen molar-refractivity contribution in [1.29, 1.82) is 0 Å². The molecule has 1 amide bonds. The first-order valence-corrected chi connectivity index (χ1v) is 10.4. The molecule has 0 fully saturated rings. The largest absolute Gasteiger partial charge is 0.482 e. The summed E-state index contributed by atoms with van der Waals surface area (Å²) in [4.78, 5) is 11.5. The van der Waals surface area contributed by atoms with Crippen molar-refractivity contribution in [3.63, 3.8) is 0 Å². The third kappa shape index (κ3) is 4.28. The summed E-state index contributed by atoms with van der Waals surface area (Å²) in [5, 5.41) is 2.93. The lowest BCUT2D eigenvalue weighted by atomic mass is 10.2. The zero-order chi connectivity index (χ0) is 20.4. The first-order chi connectivity index (χ1) is 13.9. The molecule has 0 spiro atoms. The predicted molar refractivity (Wildman–Crippen MR) is 109 cm³/mol. The number of amides is 1. The van der Waals surface area contributed by atoms with E-state index >= 15 is 0 Å². The standard InChI is InChI=1S/C20H15ClN2O5S/c21-13-6-8-19(28-14-4-2-1-3-5-14)17(10-13)23-29(25,26)15-7-9-18-16(11-15)22-20(24)12-27-18/h1-11,23H,12H2,(H,22,24). The Morgan fingerprint density at radius 1 is 1.03 bits per heavy atom. The number of anilines is 2. The molecule has 0 radical (unpaired) electrons. The van der Waals surface area contributed by atoms with E-state index in [1.807, 2.05) is 6.07 Å². The topological polar surface area (TPSA) is 93.7 Å². The quantitative estimate of drug-likeness (QED) is 0.630. The van der Waals surface area contributed by atoms with Gasteiger partial charge in [-0.2, -0.15) is 0 Å². The molecule has 1 aliphatic rings. The first kappa shape index (κ1) is 19.1. The summed E-state index contributed by atoms with van der Waals surface area (Å²) in [5.41, 5.74) is 0.468. The highest BCUT2D eigenvalue weighted by molar-refractivity contribution is 7.92. The normalized spacial score (nSPS) is 13.1. The van der Waals surface area contributed by atoms with Crippen LogP contribution in [0.5, 0.6) is 17.2 Å². The van der Waals surface area contributed by atoms with Gasteiger partial charge < -0.3 is 14.8 Å². The van der Waals surface area contributed by atoms with Gasteiger partial charge in [0.2, 0.25) is 0 Å². The van der Waals surface area contributed by atoms with E-state index in [9.17, 15) is 13.2 Å². The summed E-state index contributed by atoms with van der Waals surface area (Å²) >= 11 is 6.05. The fraction of sp³-hybridized carbons (Fsp3) is 0.0500. The maximum absolute atomic E-state index is 12.9. The van der Waals surface area contributed by atoms with Crippen molar-refractivity contribution in [3.05, 3.63) is 71.8 Å². The van der Waals surface area contributed by atoms with E-state index in [4.69, 9.17) is 21.1 Å². The molecule has 9 heteroatoms. The highest BCUT2D eigenvalue weighted by Crippen LogP contribution is 2.35. The van der Waals surface area contributed by atoms with Crippen LogP contribution in [0.1, 0.15) is 0 Å². The molecule has 2 N–H and O–H groups in total. The molecule has 148 valence electrons. The van der Waals surface area contributed by atoms with Gasteiger partial charge in [-0.05, 0) is 48.5 Å². The highest BCUT2D eigenvalue weighted by Gasteiger charge is 2.22. The molecule has 0 saturated heterocycles. The van der Waals surface area contributed by atoms with E-state index in [2.05, 4.69) is 10.0 Å². The van der Waals surface area contributed by atoms with Gasteiger partial charge in [0, 0.05) is 5.02 Å². The zero-order valence-corrected chi connectivity index (χ0v) is 16.5. The Balaban J connectivity index is 1.65. The molecule has 29 heavy (non-hydrogen) atoms. The summed E-state index contributed by atoms with van der Waals surface area (Å²) in [6, 6.07) is 17.8. The van der Waals surface area contributed by atoms with Gasteiger partial charge in [0.05, 0.1) is 16.3 Å². The van der Waals surface area contributed by atoms with E-state index in [1.54, 1.807) is 36.4 Å². The number of ether oxygens (including phenoxy) is 2. The molecule has 0 aliphatic carbocycles. The zero-order valence-electron chi connectivity index (χ0n) is 14.9. The molecule has 0 bridgehead atoms. The van der Waals surface area contributed by atoms with Crippen LogP contribution in [0.3, 0.4) is 0 Å². The van der Waals surface area contributed by atoms with E-state index in [0.29, 0.717) is 22.3 Å². The number of hydrogen-bond acceptors (Lipinski definition) is 5. The first-order valence-electron chi connectivity index (χ1n) is 8.53. The van der Waals surface area contributed by atoms with Crippen LogP contribution in [0.4, 0.5) is 11.4 Å². The SMILES string of the molecule is O=C1COc2ccc(S(=O)(=O)Nc3cc(Cl)ccc3Oc3ccccc3)cc2N1. The lowest BCUT2D eigenvalue weighted by Gasteiger charge is -2.19. The molecule has 3 aromatic rings. The number of benzene rings is 3. The summed E-state index contributed by atoms with van der Waals surface area (Å²) in [5.74, 6) is 0.885. The highest BCUT2D eigenvalue weighted by atomic mass is 35.5. The van der Waals surface area contributed by atoms with Crippen LogP contribution in [0.15, 0.2) is 71.6 Å². The Morgan fingerprint density at radius 3 is 2.62 bits per heavy atom. The van der Waals surface area contributed by atoms with Crippen LogP contribution in [0.25, 0.3) is 0 Å². The molecular weight excluding hydrogens is 416 g/mol. The predicted octanol–water partition coefficient (Wildman–Crippen LogP) is 4.26. The minimum atomic E-state index is -3.99. The second-order valence-corrected chi connectivity index (χ2v) is 8.27. The van der Waals surface area contributed by atoms with Gasteiger partial charge in [-0.25, -0.2) is 8.42 Å². The maximum atomic E-state index is 12.9. The van der Waals surface area contributed by atoms with E-state index in [-0.39, 0.29) is 28.8 Å². The number of hydrogen-bond donors (Lipinski definition) is 2. The summed E-state index contributed by atoms with van der Waals surface area (Å²) in [6.07, 6.45) is 0. The fourth-order valence-corrected chi connectivity index (χ4v) is 3.98. The van der Waals surface area contributed by atoms with Crippen LogP contribution < -0.4 is 19.5 Å². The number of carbonyl (C=O) groups excluding carboxylic acids is 1. The Morgan fingerprint density at radius 2 is 1.83 bits per heavy atom. The van der Waals surface area contributed by atoms with Crippen molar-refractivity contribution in [2.45, 2.75) is 4.90 Å². The Labute approximate surface area is 172 Å². The van der Waals surface area contributed by atoms with Crippen molar-refractivity contribution in [3.8, 4) is 17.2 Å². The average molecular weight is 431 g/mol. The number of rotatable bonds is 5. The van der Waals surface area contributed by atoms with Crippen LogP contribution in [-0.2, 0) is 14.8 Å². The third-order valence-electron chi connectivity index (χ3n) is 4.05. The smallest absolute Gasteiger partial charge is 0.262 e. The second-order valence-electron chi connectivity index (χ2n) is 6.16. The fourth-order valence-electron chi connectivity index (χ4n) is 2.72.